The van der Waals surface area contributed by atoms with E-state index in [0.29, 0.717) is 21.6 Å². The fourth-order valence-electron chi connectivity index (χ4n) is 3.40. The molecular formula is C24H17F3N6O. The van der Waals surface area contributed by atoms with Crippen LogP contribution in [-0.4, -0.2) is 36.1 Å². The van der Waals surface area contributed by atoms with Gasteiger partial charge in [-0.05, 0) is 29.8 Å². The number of fused-ring (bicyclic) bond motifs is 1. The molecular weight excluding hydrogens is 445 g/mol. The van der Waals surface area contributed by atoms with E-state index in [2.05, 4.69) is 25.0 Å². The minimum Gasteiger partial charge on any atom is -0.484 e. The number of pyridine rings is 2. The number of benzene rings is 1. The number of ether oxygens (including phenoxy) is 1. The van der Waals surface area contributed by atoms with Crippen LogP contribution in [0.1, 0.15) is 12.0 Å². The van der Waals surface area contributed by atoms with Crippen LogP contribution in [-0.2, 0) is 6.61 Å². The summed E-state index contributed by atoms with van der Waals surface area (Å²) in [7, 11) is 0. The molecule has 0 aliphatic rings. The summed E-state index contributed by atoms with van der Waals surface area (Å²) in [5.74, 6) is 0.530. The average molecular weight is 462 g/mol. The maximum Gasteiger partial charge on any atom is 0.289 e. The predicted molar refractivity (Wildman–Crippen MR) is 119 cm³/mol. The lowest BCUT2D eigenvalue weighted by molar-refractivity contribution is 0.000914. The minimum atomic E-state index is -3.22. The number of nitrogens with zero attached hydrogens (tertiary/aromatic N) is 6. The number of hydrogen-bond donors (Lipinski definition) is 0. The average Bonchev–Trinajstić information content (AvgIpc) is 3.33. The molecule has 170 valence electrons. The molecule has 7 nitrogen and oxygen atoms in total. The molecule has 5 rings (SSSR count). The van der Waals surface area contributed by atoms with Crippen LogP contribution in [0.25, 0.3) is 33.5 Å². The number of rotatable bonds is 7. The Bertz CT molecular complexity index is 1410. The quantitative estimate of drug-likeness (QED) is 0.328. The van der Waals surface area contributed by atoms with E-state index in [1.54, 1.807) is 12.1 Å². The van der Waals surface area contributed by atoms with Crippen LogP contribution < -0.4 is 4.74 Å². The number of alkyl halides is 3. The second kappa shape index (κ2) is 9.26. The highest BCUT2D eigenvalue weighted by Crippen LogP contribution is 2.31. The molecule has 1 atom stereocenters. The summed E-state index contributed by atoms with van der Waals surface area (Å²) in [5.41, 5.74) is 2.79. The summed E-state index contributed by atoms with van der Waals surface area (Å²) in [6.45, 7) is 0.211. The van der Waals surface area contributed by atoms with Gasteiger partial charge in [-0.3, -0.25) is 4.98 Å². The van der Waals surface area contributed by atoms with Crippen molar-refractivity contribution in [1.82, 2.24) is 29.7 Å². The van der Waals surface area contributed by atoms with Gasteiger partial charge in [0.05, 0.1) is 23.6 Å². The van der Waals surface area contributed by atoms with Crippen LogP contribution >= 0.6 is 0 Å². The van der Waals surface area contributed by atoms with E-state index in [1.165, 1.54) is 31.0 Å². The Kier molecular flexibility index (Phi) is 5.86. The summed E-state index contributed by atoms with van der Waals surface area (Å²) >= 11 is 0. The van der Waals surface area contributed by atoms with Gasteiger partial charge in [0, 0.05) is 29.5 Å². The number of para-hydroxylation sites is 1. The van der Waals surface area contributed by atoms with Crippen LogP contribution in [0.15, 0.2) is 79.5 Å². The third-order valence-electron chi connectivity index (χ3n) is 5.07. The van der Waals surface area contributed by atoms with Gasteiger partial charge in [-0.2, -0.15) is 5.10 Å². The van der Waals surface area contributed by atoms with Gasteiger partial charge in [-0.25, -0.2) is 32.8 Å². The van der Waals surface area contributed by atoms with Crippen molar-refractivity contribution in [2.75, 3.05) is 0 Å². The van der Waals surface area contributed by atoms with Gasteiger partial charge in [-0.1, -0.05) is 24.3 Å². The van der Waals surface area contributed by atoms with Gasteiger partial charge in [0.25, 0.3) is 12.7 Å². The molecule has 0 fully saturated rings. The molecule has 0 saturated heterocycles. The van der Waals surface area contributed by atoms with Crippen molar-refractivity contribution in [1.29, 1.82) is 0 Å². The molecule has 34 heavy (non-hydrogen) atoms. The maximum atomic E-state index is 14.0. The molecule has 0 bridgehead atoms. The molecule has 1 unspecified atom stereocenters. The van der Waals surface area contributed by atoms with Gasteiger partial charge in [-0.15, -0.1) is 0 Å². The lowest BCUT2D eigenvalue weighted by atomic mass is 10.1. The SMILES string of the molecule is FC(F)C(F)n1cc(-c2ccncc2)c(-c2ncc(OCc3ccc4ccccc4n3)cn2)n1. The smallest absolute Gasteiger partial charge is 0.289 e. The number of halogens is 3. The maximum absolute atomic E-state index is 14.0. The number of aromatic nitrogens is 6. The van der Waals surface area contributed by atoms with Crippen molar-refractivity contribution >= 4 is 10.9 Å². The lowest BCUT2D eigenvalue weighted by Crippen LogP contribution is -2.12. The van der Waals surface area contributed by atoms with Crippen molar-refractivity contribution < 1.29 is 17.9 Å². The van der Waals surface area contributed by atoms with E-state index in [0.717, 1.165) is 16.6 Å². The first-order chi connectivity index (χ1) is 16.6. The van der Waals surface area contributed by atoms with E-state index < -0.39 is 12.7 Å². The van der Waals surface area contributed by atoms with Crippen LogP contribution in [0.3, 0.4) is 0 Å². The van der Waals surface area contributed by atoms with E-state index in [9.17, 15) is 13.2 Å². The zero-order valence-corrected chi connectivity index (χ0v) is 17.6. The van der Waals surface area contributed by atoms with Crippen molar-refractivity contribution in [3.8, 4) is 28.4 Å². The largest absolute Gasteiger partial charge is 0.484 e. The van der Waals surface area contributed by atoms with Gasteiger partial charge in [0.15, 0.2) is 11.6 Å². The first-order valence-corrected chi connectivity index (χ1v) is 10.3. The molecule has 0 saturated carbocycles. The summed E-state index contributed by atoms with van der Waals surface area (Å²) in [6.07, 6.45) is 1.35. The molecule has 0 aliphatic carbocycles. The molecule has 0 N–H and O–H groups in total. The molecule has 10 heteroatoms. The zero-order chi connectivity index (χ0) is 23.5. The second-order valence-corrected chi connectivity index (χ2v) is 7.34. The zero-order valence-electron chi connectivity index (χ0n) is 17.6. The molecule has 1 aromatic carbocycles. The first-order valence-electron chi connectivity index (χ1n) is 10.3. The summed E-state index contributed by atoms with van der Waals surface area (Å²) in [4.78, 5) is 17.0. The normalized spacial score (nSPS) is 12.2. The van der Waals surface area contributed by atoms with E-state index >= 15 is 0 Å². The lowest BCUT2D eigenvalue weighted by Gasteiger charge is -2.07. The van der Waals surface area contributed by atoms with Gasteiger partial charge in [0.2, 0.25) is 0 Å². The Balaban J connectivity index is 1.39. The molecule has 4 heterocycles. The van der Waals surface area contributed by atoms with Crippen LogP contribution in [0, 0.1) is 0 Å². The Morgan fingerprint density at radius 3 is 2.44 bits per heavy atom. The van der Waals surface area contributed by atoms with E-state index in [4.69, 9.17) is 4.74 Å². The highest BCUT2D eigenvalue weighted by molar-refractivity contribution is 5.78. The second-order valence-electron chi connectivity index (χ2n) is 7.34. The van der Waals surface area contributed by atoms with E-state index in [-0.39, 0.29) is 18.1 Å². The highest BCUT2D eigenvalue weighted by Gasteiger charge is 2.25. The molecule has 5 aromatic rings. The summed E-state index contributed by atoms with van der Waals surface area (Å²) in [6, 6.07) is 14.9. The fourth-order valence-corrected chi connectivity index (χ4v) is 3.40. The van der Waals surface area contributed by atoms with Crippen molar-refractivity contribution in [3.63, 3.8) is 0 Å². The van der Waals surface area contributed by atoms with Gasteiger partial charge < -0.3 is 4.74 Å². The third kappa shape index (κ3) is 4.42. The highest BCUT2D eigenvalue weighted by atomic mass is 19.3. The molecule has 4 aromatic heterocycles. The molecule has 0 aliphatic heterocycles. The Hall–Kier alpha value is -4.34. The Morgan fingerprint density at radius 2 is 1.68 bits per heavy atom. The summed E-state index contributed by atoms with van der Waals surface area (Å²) in [5, 5.41) is 5.03. The van der Waals surface area contributed by atoms with Crippen LogP contribution in [0.2, 0.25) is 0 Å². The molecule has 0 radical (unpaired) electrons. The van der Waals surface area contributed by atoms with Crippen molar-refractivity contribution in [2.24, 2.45) is 0 Å². The topological polar surface area (TPSA) is 78.6 Å². The molecule has 0 spiro atoms. The predicted octanol–water partition coefficient (Wildman–Crippen LogP) is 5.26. The van der Waals surface area contributed by atoms with Crippen LogP contribution in [0.5, 0.6) is 5.75 Å². The molecule has 0 amide bonds. The first kappa shape index (κ1) is 21.5. The Morgan fingerprint density at radius 1 is 0.912 bits per heavy atom. The number of hydrogen-bond acceptors (Lipinski definition) is 6. The van der Waals surface area contributed by atoms with Crippen molar-refractivity contribution in [2.45, 2.75) is 19.3 Å². The van der Waals surface area contributed by atoms with Gasteiger partial charge in [0.1, 0.15) is 12.3 Å². The minimum absolute atomic E-state index is 0.142. The van der Waals surface area contributed by atoms with E-state index in [1.807, 2.05) is 36.4 Å². The fraction of sp³-hybridized carbons (Fsp3) is 0.125. The van der Waals surface area contributed by atoms with Gasteiger partial charge >= 0.3 is 0 Å². The standard InChI is InChI=1S/C24H17F3N6O/c25-22(26)23(27)33-13-19(15-7-9-28-10-8-15)21(32-33)24-29-11-18(12-30-24)34-14-17-6-5-16-3-1-2-4-20(16)31-17/h1-13,22-23H,14H2. The van der Waals surface area contributed by atoms with Crippen LogP contribution in [0.4, 0.5) is 13.2 Å². The third-order valence-corrected chi connectivity index (χ3v) is 5.07. The van der Waals surface area contributed by atoms with Crippen molar-refractivity contribution in [3.05, 3.63) is 85.2 Å². The Labute approximate surface area is 191 Å². The monoisotopic (exact) mass is 462 g/mol. The summed E-state index contributed by atoms with van der Waals surface area (Å²) < 4.78 is 46.1.